The number of benzene rings is 1. The summed E-state index contributed by atoms with van der Waals surface area (Å²) in [4.78, 5) is 38.7. The molecule has 1 aliphatic heterocycles. The van der Waals surface area contributed by atoms with E-state index < -0.39 is 23.8 Å². The first-order valence-electron chi connectivity index (χ1n) is 7.29. The number of nitrogens with zero attached hydrogens (tertiary/aromatic N) is 2. The summed E-state index contributed by atoms with van der Waals surface area (Å²) in [6.45, 7) is 1.94. The predicted molar refractivity (Wildman–Crippen MR) is 81.4 cm³/mol. The van der Waals surface area contributed by atoms with Crippen molar-refractivity contribution in [3.8, 4) is 0 Å². The number of carboxylic acids is 1. The zero-order chi connectivity index (χ0) is 16.3. The zero-order valence-electron chi connectivity index (χ0n) is 12.7. The lowest BCUT2D eigenvalue weighted by molar-refractivity contribution is -0.152. The summed E-state index contributed by atoms with van der Waals surface area (Å²) >= 11 is 0. The lowest BCUT2D eigenvalue weighted by atomic mass is 10.0. The van der Waals surface area contributed by atoms with Crippen LogP contribution in [0, 0.1) is 5.92 Å². The second-order valence-electron chi connectivity index (χ2n) is 5.49. The van der Waals surface area contributed by atoms with Crippen LogP contribution in [0.25, 0.3) is 0 Å². The Morgan fingerprint density at radius 2 is 1.95 bits per heavy atom. The number of carbonyl (C=O) groups excluding carboxylic acids is 2. The Labute approximate surface area is 129 Å². The molecule has 6 heteroatoms. The van der Waals surface area contributed by atoms with Crippen molar-refractivity contribution in [3.63, 3.8) is 0 Å². The molecule has 2 amide bonds. The Balaban J connectivity index is 2.16. The number of likely N-dealkylation sites (N-methyl/N-ethyl adjacent to an activating group) is 1. The molecule has 0 spiro atoms. The molecule has 1 aromatic carbocycles. The molecule has 0 radical (unpaired) electrons. The normalized spacial score (nSPS) is 19.6. The number of aliphatic carboxylic acids is 1. The van der Waals surface area contributed by atoms with Gasteiger partial charge in [-0.15, -0.1) is 0 Å². The third-order valence-electron chi connectivity index (χ3n) is 4.03. The number of rotatable bonds is 4. The predicted octanol–water partition coefficient (Wildman–Crippen LogP) is 1.36. The van der Waals surface area contributed by atoms with Crippen molar-refractivity contribution in [3.05, 3.63) is 30.3 Å². The number of hydrogen-bond donors (Lipinski definition) is 1. The van der Waals surface area contributed by atoms with E-state index in [1.165, 1.54) is 18.9 Å². The second kappa shape index (κ2) is 6.60. The number of carbonyl (C=O) groups is 3. The van der Waals surface area contributed by atoms with Crippen molar-refractivity contribution in [2.24, 2.45) is 5.92 Å². The second-order valence-corrected chi connectivity index (χ2v) is 5.49. The van der Waals surface area contributed by atoms with Crippen LogP contribution in [-0.2, 0) is 14.4 Å². The number of hydrogen-bond acceptors (Lipinski definition) is 3. The highest BCUT2D eigenvalue weighted by Crippen LogP contribution is 2.23. The minimum atomic E-state index is -1.18. The van der Waals surface area contributed by atoms with Gasteiger partial charge in [0, 0.05) is 19.3 Å². The van der Waals surface area contributed by atoms with Crippen molar-refractivity contribution in [2.45, 2.75) is 25.8 Å². The van der Waals surface area contributed by atoms with Gasteiger partial charge in [0.25, 0.3) is 0 Å². The van der Waals surface area contributed by atoms with Crippen molar-refractivity contribution >= 4 is 23.5 Å². The van der Waals surface area contributed by atoms with E-state index in [2.05, 4.69) is 0 Å². The van der Waals surface area contributed by atoms with Gasteiger partial charge in [0.2, 0.25) is 11.8 Å². The molecule has 2 rings (SSSR count). The van der Waals surface area contributed by atoms with Crippen LogP contribution in [0.5, 0.6) is 0 Å². The SMILES string of the molecule is C[C@H](C(=O)O)C(=O)N(C)[C@H]1CCCN(c2ccccc2)C1=O. The van der Waals surface area contributed by atoms with Crippen LogP contribution < -0.4 is 4.90 Å². The number of carboxylic acid groups (broad SMARTS) is 1. The average molecular weight is 304 g/mol. The Morgan fingerprint density at radius 1 is 1.32 bits per heavy atom. The van der Waals surface area contributed by atoms with E-state index in [-0.39, 0.29) is 5.91 Å². The van der Waals surface area contributed by atoms with Gasteiger partial charge in [0.15, 0.2) is 0 Å². The maximum atomic E-state index is 12.6. The summed E-state index contributed by atoms with van der Waals surface area (Å²) in [5.41, 5.74) is 0.796. The van der Waals surface area contributed by atoms with Crippen molar-refractivity contribution < 1.29 is 19.5 Å². The van der Waals surface area contributed by atoms with Gasteiger partial charge in [-0.05, 0) is 31.9 Å². The fourth-order valence-electron chi connectivity index (χ4n) is 2.64. The summed E-state index contributed by atoms with van der Waals surface area (Å²) < 4.78 is 0. The first-order valence-corrected chi connectivity index (χ1v) is 7.29. The molecule has 2 atom stereocenters. The van der Waals surface area contributed by atoms with Crippen LogP contribution in [0.1, 0.15) is 19.8 Å². The Bertz CT molecular complexity index is 573. The molecule has 118 valence electrons. The molecule has 1 saturated heterocycles. The molecule has 22 heavy (non-hydrogen) atoms. The quantitative estimate of drug-likeness (QED) is 0.852. The molecule has 0 saturated carbocycles. The molecule has 1 fully saturated rings. The van der Waals surface area contributed by atoms with E-state index in [0.717, 1.165) is 12.1 Å². The van der Waals surface area contributed by atoms with E-state index in [9.17, 15) is 14.4 Å². The summed E-state index contributed by atoms with van der Waals surface area (Å²) in [7, 11) is 1.50. The first-order chi connectivity index (χ1) is 10.4. The van der Waals surface area contributed by atoms with Gasteiger partial charge in [-0.1, -0.05) is 18.2 Å². The number of piperidine rings is 1. The maximum Gasteiger partial charge on any atom is 0.315 e. The van der Waals surface area contributed by atoms with Gasteiger partial charge >= 0.3 is 5.97 Å². The summed E-state index contributed by atoms with van der Waals surface area (Å²) in [6.07, 6.45) is 1.32. The fourth-order valence-corrected chi connectivity index (χ4v) is 2.64. The van der Waals surface area contributed by atoms with E-state index in [1.807, 2.05) is 30.3 Å². The number of amides is 2. The van der Waals surface area contributed by atoms with Crippen LogP contribution in [0.15, 0.2) is 30.3 Å². The van der Waals surface area contributed by atoms with E-state index in [4.69, 9.17) is 5.11 Å². The standard InChI is InChI=1S/C16H20N2O4/c1-11(16(21)22)14(19)17(2)13-9-6-10-18(15(13)20)12-7-4-3-5-8-12/h3-5,7-8,11,13H,6,9-10H2,1-2H3,(H,21,22)/t11-,13-/m0/s1. The Kier molecular flexibility index (Phi) is 4.80. The lowest BCUT2D eigenvalue weighted by Gasteiger charge is -2.37. The third-order valence-corrected chi connectivity index (χ3v) is 4.03. The van der Waals surface area contributed by atoms with Crippen LogP contribution in [0.2, 0.25) is 0 Å². The Morgan fingerprint density at radius 3 is 2.55 bits per heavy atom. The highest BCUT2D eigenvalue weighted by atomic mass is 16.4. The van der Waals surface area contributed by atoms with Crippen LogP contribution in [0.4, 0.5) is 5.69 Å². The van der Waals surface area contributed by atoms with Crippen molar-refractivity contribution in [1.82, 2.24) is 4.90 Å². The topological polar surface area (TPSA) is 77.9 Å². The monoisotopic (exact) mass is 304 g/mol. The molecule has 0 aromatic heterocycles. The molecule has 0 unspecified atom stereocenters. The molecule has 1 heterocycles. The third kappa shape index (κ3) is 3.10. The highest BCUT2D eigenvalue weighted by molar-refractivity contribution is 6.02. The van der Waals surface area contributed by atoms with Gasteiger partial charge in [-0.3, -0.25) is 14.4 Å². The van der Waals surface area contributed by atoms with Crippen LogP contribution >= 0.6 is 0 Å². The minimum Gasteiger partial charge on any atom is -0.481 e. The molecule has 1 N–H and O–H groups in total. The van der Waals surface area contributed by atoms with Gasteiger partial charge in [0.05, 0.1) is 0 Å². The maximum absolute atomic E-state index is 12.6. The number of anilines is 1. The van der Waals surface area contributed by atoms with Gasteiger partial charge in [-0.2, -0.15) is 0 Å². The van der Waals surface area contributed by atoms with Gasteiger partial charge in [-0.25, -0.2) is 0 Å². The largest absolute Gasteiger partial charge is 0.481 e. The van der Waals surface area contributed by atoms with Crippen molar-refractivity contribution in [2.75, 3.05) is 18.5 Å². The van der Waals surface area contributed by atoms with Crippen LogP contribution in [0.3, 0.4) is 0 Å². The molecular weight excluding hydrogens is 284 g/mol. The van der Waals surface area contributed by atoms with Gasteiger partial charge in [0.1, 0.15) is 12.0 Å². The van der Waals surface area contributed by atoms with E-state index in [0.29, 0.717) is 13.0 Å². The highest BCUT2D eigenvalue weighted by Gasteiger charge is 2.36. The smallest absolute Gasteiger partial charge is 0.315 e. The average Bonchev–Trinajstić information content (AvgIpc) is 2.53. The molecular formula is C16H20N2O4. The van der Waals surface area contributed by atoms with Crippen molar-refractivity contribution in [1.29, 1.82) is 0 Å². The van der Waals surface area contributed by atoms with Gasteiger partial charge < -0.3 is 14.9 Å². The lowest BCUT2D eigenvalue weighted by Crippen LogP contribution is -2.54. The number of para-hydroxylation sites is 1. The summed E-state index contributed by atoms with van der Waals surface area (Å²) in [6, 6.07) is 8.67. The van der Waals surface area contributed by atoms with E-state index in [1.54, 1.807) is 4.90 Å². The first kappa shape index (κ1) is 16.0. The Hall–Kier alpha value is -2.37. The molecule has 6 nitrogen and oxygen atoms in total. The molecule has 1 aliphatic rings. The van der Waals surface area contributed by atoms with E-state index >= 15 is 0 Å². The minimum absolute atomic E-state index is 0.161. The molecule has 0 aliphatic carbocycles. The summed E-state index contributed by atoms with van der Waals surface area (Å²) in [5, 5.41) is 8.95. The molecule has 0 bridgehead atoms. The molecule has 1 aromatic rings. The van der Waals surface area contributed by atoms with Crippen LogP contribution in [-0.4, -0.2) is 47.4 Å². The summed E-state index contributed by atoms with van der Waals surface area (Å²) in [5.74, 6) is -3.03. The fraction of sp³-hybridized carbons (Fsp3) is 0.438. The zero-order valence-corrected chi connectivity index (χ0v) is 12.7.